The van der Waals surface area contributed by atoms with Gasteiger partial charge in [-0.25, -0.2) is 4.79 Å². The van der Waals surface area contributed by atoms with Gasteiger partial charge in [-0.3, -0.25) is 0 Å². The summed E-state index contributed by atoms with van der Waals surface area (Å²) in [7, 11) is 0. The Morgan fingerprint density at radius 2 is 2.12 bits per heavy atom. The van der Waals surface area contributed by atoms with Gasteiger partial charge in [0, 0.05) is 5.92 Å². The third-order valence-electron chi connectivity index (χ3n) is 3.08. The Hall–Kier alpha value is -1.51. The second-order valence-electron chi connectivity index (χ2n) is 4.94. The van der Waals surface area contributed by atoms with Crippen molar-refractivity contribution in [1.29, 1.82) is 0 Å². The minimum absolute atomic E-state index is 0.190. The molecule has 3 heteroatoms. The molecule has 3 nitrogen and oxygen atoms in total. The molecule has 0 heterocycles. The number of hydrogen-bond donors (Lipinski definition) is 1. The van der Waals surface area contributed by atoms with Crippen molar-refractivity contribution >= 4 is 5.97 Å². The lowest BCUT2D eigenvalue weighted by molar-refractivity contribution is -0.146. The number of carboxylic acid groups (broad SMARTS) is 1. The third-order valence-corrected chi connectivity index (χ3v) is 3.08. The molecule has 1 saturated carbocycles. The van der Waals surface area contributed by atoms with Crippen molar-refractivity contribution in [1.82, 2.24) is 0 Å². The summed E-state index contributed by atoms with van der Waals surface area (Å²) in [6.07, 6.45) is 1.24. The largest absolute Gasteiger partial charge is 0.478 e. The highest BCUT2D eigenvalue weighted by molar-refractivity contribution is 5.73. The van der Waals surface area contributed by atoms with Gasteiger partial charge in [0.05, 0.1) is 0 Å². The summed E-state index contributed by atoms with van der Waals surface area (Å²) in [5, 5.41) is 9.10. The Morgan fingerprint density at radius 1 is 1.41 bits per heavy atom. The van der Waals surface area contributed by atoms with Gasteiger partial charge in [0.25, 0.3) is 0 Å². The van der Waals surface area contributed by atoms with E-state index >= 15 is 0 Å². The minimum Gasteiger partial charge on any atom is -0.478 e. The molecular formula is C14H18O3. The number of ether oxygens (including phenoxy) is 1. The Kier molecular flexibility index (Phi) is 3.36. The van der Waals surface area contributed by atoms with Gasteiger partial charge in [0.2, 0.25) is 0 Å². The van der Waals surface area contributed by atoms with Crippen molar-refractivity contribution in [2.45, 2.75) is 38.7 Å². The van der Waals surface area contributed by atoms with Gasteiger partial charge < -0.3 is 9.84 Å². The molecule has 2 rings (SSSR count). The van der Waals surface area contributed by atoms with Crippen molar-refractivity contribution < 1.29 is 14.6 Å². The summed E-state index contributed by atoms with van der Waals surface area (Å²) in [5.74, 6) is 0.413. The van der Waals surface area contributed by atoms with Crippen LogP contribution in [0.4, 0.5) is 0 Å². The molecule has 0 bridgehead atoms. The van der Waals surface area contributed by atoms with Gasteiger partial charge in [-0.1, -0.05) is 26.0 Å². The molecule has 1 atom stereocenters. The van der Waals surface area contributed by atoms with Gasteiger partial charge in [-0.05, 0) is 36.5 Å². The van der Waals surface area contributed by atoms with E-state index in [9.17, 15) is 4.79 Å². The molecule has 0 saturated heterocycles. The lowest BCUT2D eigenvalue weighted by Gasteiger charge is -2.15. The average Bonchev–Trinajstić information content (AvgIpc) is 3.09. The molecule has 0 aliphatic heterocycles. The molecule has 0 aromatic heterocycles. The lowest BCUT2D eigenvalue weighted by Crippen LogP contribution is -2.29. The summed E-state index contributed by atoms with van der Waals surface area (Å²) in [6.45, 7) is 4.21. The number of benzene rings is 1. The normalized spacial score (nSPS) is 16.9. The molecule has 0 radical (unpaired) electrons. The predicted molar refractivity (Wildman–Crippen MR) is 65.3 cm³/mol. The van der Waals surface area contributed by atoms with E-state index in [1.807, 2.05) is 24.3 Å². The smallest absolute Gasteiger partial charge is 0.345 e. The van der Waals surface area contributed by atoms with E-state index in [-0.39, 0.29) is 5.92 Å². The van der Waals surface area contributed by atoms with Crippen LogP contribution in [0.3, 0.4) is 0 Å². The fraction of sp³-hybridized carbons (Fsp3) is 0.500. The molecule has 1 aliphatic carbocycles. The first-order chi connectivity index (χ1) is 8.08. The molecule has 0 amide bonds. The summed E-state index contributed by atoms with van der Waals surface area (Å²) in [4.78, 5) is 11.1. The van der Waals surface area contributed by atoms with Gasteiger partial charge >= 0.3 is 5.97 Å². The van der Waals surface area contributed by atoms with E-state index < -0.39 is 12.1 Å². The fourth-order valence-electron chi connectivity index (χ4n) is 1.84. The number of hydrogen-bond acceptors (Lipinski definition) is 2. The number of rotatable bonds is 5. The van der Waals surface area contributed by atoms with E-state index in [1.165, 1.54) is 5.56 Å². The second kappa shape index (κ2) is 4.78. The average molecular weight is 234 g/mol. The quantitative estimate of drug-likeness (QED) is 0.851. The maximum Gasteiger partial charge on any atom is 0.345 e. The first-order valence-electron chi connectivity index (χ1n) is 6.07. The lowest BCUT2D eigenvalue weighted by atomic mass is 10.0. The zero-order valence-corrected chi connectivity index (χ0v) is 10.2. The SMILES string of the molecule is CC(C)c1cccc(OC(C(=O)O)C2CC2)c1. The number of carbonyl (C=O) groups is 1. The Morgan fingerprint density at radius 3 is 2.65 bits per heavy atom. The second-order valence-corrected chi connectivity index (χ2v) is 4.94. The highest BCUT2D eigenvalue weighted by Crippen LogP contribution is 2.35. The standard InChI is InChI=1S/C14H18O3/c1-9(2)11-4-3-5-12(8-11)17-13(14(15)16)10-6-7-10/h3-5,8-10,13H,6-7H2,1-2H3,(H,15,16). The van der Waals surface area contributed by atoms with Crippen molar-refractivity contribution in [2.24, 2.45) is 5.92 Å². The van der Waals surface area contributed by atoms with E-state index in [4.69, 9.17) is 9.84 Å². The zero-order valence-electron chi connectivity index (χ0n) is 10.2. The van der Waals surface area contributed by atoms with Crippen LogP contribution in [0.25, 0.3) is 0 Å². The number of carboxylic acids is 1. The molecule has 0 spiro atoms. The number of aliphatic carboxylic acids is 1. The van der Waals surface area contributed by atoms with Crippen LogP contribution in [0.1, 0.15) is 38.2 Å². The van der Waals surface area contributed by atoms with Gasteiger partial charge in [0.15, 0.2) is 6.10 Å². The Labute approximate surface area is 101 Å². The summed E-state index contributed by atoms with van der Waals surface area (Å²) in [5.41, 5.74) is 1.17. The Balaban J connectivity index is 2.11. The minimum atomic E-state index is -0.859. The van der Waals surface area contributed by atoms with Crippen LogP contribution in [0.15, 0.2) is 24.3 Å². The van der Waals surface area contributed by atoms with E-state index in [1.54, 1.807) is 0 Å². The van der Waals surface area contributed by atoms with Crippen molar-refractivity contribution in [3.8, 4) is 5.75 Å². The molecule has 17 heavy (non-hydrogen) atoms. The third kappa shape index (κ3) is 2.99. The van der Waals surface area contributed by atoms with Gasteiger partial charge in [0.1, 0.15) is 5.75 Å². The van der Waals surface area contributed by atoms with Crippen LogP contribution >= 0.6 is 0 Å². The first-order valence-corrected chi connectivity index (χ1v) is 6.07. The highest BCUT2D eigenvalue weighted by atomic mass is 16.5. The van der Waals surface area contributed by atoms with Crippen LogP contribution < -0.4 is 4.74 Å². The zero-order chi connectivity index (χ0) is 12.4. The van der Waals surface area contributed by atoms with Crippen LogP contribution in [0.2, 0.25) is 0 Å². The van der Waals surface area contributed by atoms with Crippen molar-refractivity contribution in [3.63, 3.8) is 0 Å². The van der Waals surface area contributed by atoms with Crippen LogP contribution in [0.5, 0.6) is 5.75 Å². The summed E-state index contributed by atoms with van der Waals surface area (Å²) >= 11 is 0. The molecule has 1 aromatic carbocycles. The Bertz CT molecular complexity index is 408. The van der Waals surface area contributed by atoms with Crippen molar-refractivity contribution in [2.75, 3.05) is 0 Å². The predicted octanol–water partition coefficient (Wildman–Crippen LogP) is 3.05. The maximum absolute atomic E-state index is 11.1. The molecule has 1 aromatic rings. The molecular weight excluding hydrogens is 216 g/mol. The van der Waals surface area contributed by atoms with Gasteiger partial charge in [-0.15, -0.1) is 0 Å². The maximum atomic E-state index is 11.1. The molecule has 1 fully saturated rings. The summed E-state index contributed by atoms with van der Waals surface area (Å²) < 4.78 is 5.59. The molecule has 1 aliphatic rings. The van der Waals surface area contributed by atoms with Crippen LogP contribution in [-0.2, 0) is 4.79 Å². The topological polar surface area (TPSA) is 46.5 Å². The van der Waals surface area contributed by atoms with E-state index in [2.05, 4.69) is 13.8 Å². The van der Waals surface area contributed by atoms with Crippen LogP contribution in [0, 0.1) is 5.92 Å². The van der Waals surface area contributed by atoms with Crippen molar-refractivity contribution in [3.05, 3.63) is 29.8 Å². The summed E-state index contributed by atoms with van der Waals surface area (Å²) in [6, 6.07) is 7.70. The van der Waals surface area contributed by atoms with Gasteiger partial charge in [-0.2, -0.15) is 0 Å². The highest BCUT2D eigenvalue weighted by Gasteiger charge is 2.38. The molecule has 92 valence electrons. The van der Waals surface area contributed by atoms with E-state index in [0.717, 1.165) is 12.8 Å². The molecule has 1 unspecified atom stereocenters. The monoisotopic (exact) mass is 234 g/mol. The first kappa shape index (κ1) is 12.0. The van der Waals surface area contributed by atoms with Crippen LogP contribution in [-0.4, -0.2) is 17.2 Å². The fourth-order valence-corrected chi connectivity index (χ4v) is 1.84. The molecule has 1 N–H and O–H groups in total. The van der Waals surface area contributed by atoms with E-state index in [0.29, 0.717) is 11.7 Å².